The van der Waals surface area contributed by atoms with Crippen LogP contribution in [0.4, 0.5) is 0 Å². The van der Waals surface area contributed by atoms with E-state index >= 15 is 0 Å². The zero-order chi connectivity index (χ0) is 14.1. The number of hydrogen-bond acceptors (Lipinski definition) is 3. The minimum absolute atomic E-state index is 0.105. The Bertz CT molecular complexity index is 684. The second-order valence-corrected chi connectivity index (χ2v) is 4.88. The van der Waals surface area contributed by atoms with Gasteiger partial charge in [-0.1, -0.05) is 6.07 Å². The average Bonchev–Trinajstić information content (AvgIpc) is 2.49. The number of benzene rings is 1. The molecule has 2 aromatic rings. The first-order valence-corrected chi connectivity index (χ1v) is 6.60. The highest BCUT2D eigenvalue weighted by molar-refractivity contribution is 6.00. The molecule has 5 nitrogen and oxygen atoms in total. The molecule has 1 aromatic carbocycles. The van der Waals surface area contributed by atoms with Gasteiger partial charge in [0.15, 0.2) is 0 Å². The van der Waals surface area contributed by atoms with E-state index in [2.05, 4.69) is 10.3 Å². The van der Waals surface area contributed by atoms with Gasteiger partial charge in [-0.15, -0.1) is 0 Å². The fourth-order valence-electron chi connectivity index (χ4n) is 2.43. The molecule has 102 valence electrons. The van der Waals surface area contributed by atoms with Crippen LogP contribution in [0.1, 0.15) is 17.3 Å². The maximum atomic E-state index is 12.5. The van der Waals surface area contributed by atoms with E-state index in [1.807, 2.05) is 24.3 Å². The van der Waals surface area contributed by atoms with E-state index in [1.165, 1.54) is 0 Å². The maximum Gasteiger partial charge on any atom is 0.254 e. The van der Waals surface area contributed by atoms with Gasteiger partial charge in [0.1, 0.15) is 6.04 Å². The summed E-state index contributed by atoms with van der Waals surface area (Å²) in [5.74, 6) is -0.217. The van der Waals surface area contributed by atoms with Crippen molar-refractivity contribution >= 4 is 22.7 Å². The third kappa shape index (κ3) is 2.11. The van der Waals surface area contributed by atoms with Gasteiger partial charge in [0.2, 0.25) is 5.91 Å². The molecule has 1 atom stereocenters. The summed E-state index contributed by atoms with van der Waals surface area (Å²) in [6.07, 6.45) is 1.72. The number of fused-ring (bicyclic) bond motifs is 1. The molecule has 2 heterocycles. The molecule has 3 rings (SSSR count). The number of nitrogens with zero attached hydrogens (tertiary/aromatic N) is 2. The molecule has 2 amide bonds. The molecule has 1 aromatic heterocycles. The molecule has 0 aliphatic carbocycles. The van der Waals surface area contributed by atoms with Crippen LogP contribution in [0.2, 0.25) is 0 Å². The Balaban J connectivity index is 1.93. The fourth-order valence-corrected chi connectivity index (χ4v) is 2.43. The largest absolute Gasteiger partial charge is 0.353 e. The Morgan fingerprint density at radius 1 is 1.40 bits per heavy atom. The molecular weight excluding hydrogens is 254 g/mol. The Labute approximate surface area is 116 Å². The molecular formula is C15H15N3O2. The van der Waals surface area contributed by atoms with Crippen molar-refractivity contribution in [1.29, 1.82) is 0 Å². The quantitative estimate of drug-likeness (QED) is 0.846. The molecule has 0 saturated carbocycles. The van der Waals surface area contributed by atoms with Gasteiger partial charge in [0.05, 0.1) is 5.52 Å². The Morgan fingerprint density at radius 3 is 3.10 bits per heavy atom. The monoisotopic (exact) mass is 269 g/mol. The lowest BCUT2D eigenvalue weighted by Gasteiger charge is -2.32. The van der Waals surface area contributed by atoms with Gasteiger partial charge in [0.25, 0.3) is 5.91 Å². The van der Waals surface area contributed by atoms with Crippen LogP contribution in [-0.2, 0) is 4.79 Å². The van der Waals surface area contributed by atoms with Crippen LogP contribution in [-0.4, -0.2) is 40.8 Å². The normalized spacial score (nSPS) is 18.9. The van der Waals surface area contributed by atoms with Crippen LogP contribution in [0.15, 0.2) is 36.5 Å². The highest BCUT2D eigenvalue weighted by Gasteiger charge is 2.29. The van der Waals surface area contributed by atoms with Crippen LogP contribution in [0.3, 0.4) is 0 Å². The lowest BCUT2D eigenvalue weighted by molar-refractivity contribution is -0.127. The SMILES string of the molecule is CC1C(=O)NCCN1C(=O)c1ccc2ncccc2c1. The Hall–Kier alpha value is -2.43. The standard InChI is InChI=1S/C15H15N3O2/c1-10-14(19)17-7-8-18(10)15(20)12-4-5-13-11(9-12)3-2-6-16-13/h2-6,9-10H,7-8H2,1H3,(H,17,19). The van der Waals surface area contributed by atoms with Crippen LogP contribution in [0.25, 0.3) is 10.9 Å². The topological polar surface area (TPSA) is 62.3 Å². The van der Waals surface area contributed by atoms with Crippen molar-refractivity contribution in [2.45, 2.75) is 13.0 Å². The first-order chi connectivity index (χ1) is 9.66. The minimum Gasteiger partial charge on any atom is -0.353 e. The van der Waals surface area contributed by atoms with Gasteiger partial charge in [-0.2, -0.15) is 0 Å². The van der Waals surface area contributed by atoms with E-state index in [9.17, 15) is 9.59 Å². The Morgan fingerprint density at radius 2 is 2.25 bits per heavy atom. The van der Waals surface area contributed by atoms with E-state index in [4.69, 9.17) is 0 Å². The van der Waals surface area contributed by atoms with Gasteiger partial charge >= 0.3 is 0 Å². The number of pyridine rings is 1. The highest BCUT2D eigenvalue weighted by atomic mass is 16.2. The summed E-state index contributed by atoms with van der Waals surface area (Å²) >= 11 is 0. The van der Waals surface area contributed by atoms with Crippen molar-refractivity contribution in [3.8, 4) is 0 Å². The second kappa shape index (κ2) is 4.92. The summed E-state index contributed by atoms with van der Waals surface area (Å²) in [4.78, 5) is 30.0. The smallest absolute Gasteiger partial charge is 0.254 e. The van der Waals surface area contributed by atoms with Crippen molar-refractivity contribution in [3.05, 3.63) is 42.1 Å². The van der Waals surface area contributed by atoms with Gasteiger partial charge in [0, 0.05) is 30.2 Å². The molecule has 20 heavy (non-hydrogen) atoms. The molecule has 1 aliphatic heterocycles. The van der Waals surface area contributed by atoms with E-state index in [1.54, 1.807) is 24.1 Å². The number of carbonyl (C=O) groups excluding carboxylic acids is 2. The fraction of sp³-hybridized carbons (Fsp3) is 0.267. The maximum absolute atomic E-state index is 12.5. The van der Waals surface area contributed by atoms with Crippen molar-refractivity contribution in [3.63, 3.8) is 0 Å². The number of nitrogens with one attached hydrogen (secondary N) is 1. The van der Waals surface area contributed by atoms with Gasteiger partial charge in [-0.05, 0) is 31.2 Å². The molecule has 0 spiro atoms. The van der Waals surface area contributed by atoms with E-state index < -0.39 is 6.04 Å². The predicted octanol–water partition coefficient (Wildman–Crippen LogP) is 1.20. The van der Waals surface area contributed by atoms with Crippen molar-refractivity contribution in [1.82, 2.24) is 15.2 Å². The molecule has 1 unspecified atom stereocenters. The molecule has 1 N–H and O–H groups in total. The number of rotatable bonds is 1. The lowest BCUT2D eigenvalue weighted by Crippen LogP contribution is -2.55. The molecule has 1 aliphatic rings. The summed E-state index contributed by atoms with van der Waals surface area (Å²) < 4.78 is 0. The molecule has 0 bridgehead atoms. The van der Waals surface area contributed by atoms with E-state index in [-0.39, 0.29) is 11.8 Å². The van der Waals surface area contributed by atoms with Crippen LogP contribution < -0.4 is 5.32 Å². The summed E-state index contributed by atoms with van der Waals surface area (Å²) in [6, 6.07) is 8.75. The highest BCUT2D eigenvalue weighted by Crippen LogP contribution is 2.16. The van der Waals surface area contributed by atoms with Crippen molar-refractivity contribution in [2.24, 2.45) is 0 Å². The summed E-state index contributed by atoms with van der Waals surface area (Å²) in [7, 11) is 0. The molecule has 0 radical (unpaired) electrons. The zero-order valence-corrected chi connectivity index (χ0v) is 11.2. The third-order valence-electron chi connectivity index (χ3n) is 3.61. The first-order valence-electron chi connectivity index (χ1n) is 6.60. The first kappa shape index (κ1) is 12.6. The minimum atomic E-state index is -0.430. The third-order valence-corrected chi connectivity index (χ3v) is 3.61. The van der Waals surface area contributed by atoms with Gasteiger partial charge in [-0.25, -0.2) is 0 Å². The van der Waals surface area contributed by atoms with Crippen LogP contribution in [0.5, 0.6) is 0 Å². The number of aromatic nitrogens is 1. The number of amides is 2. The van der Waals surface area contributed by atoms with Crippen LogP contribution in [0, 0.1) is 0 Å². The second-order valence-electron chi connectivity index (χ2n) is 4.88. The lowest BCUT2D eigenvalue weighted by atomic mass is 10.1. The summed E-state index contributed by atoms with van der Waals surface area (Å²) in [5, 5.41) is 3.68. The molecule has 5 heteroatoms. The Kier molecular flexibility index (Phi) is 3.10. The van der Waals surface area contributed by atoms with Crippen molar-refractivity contribution < 1.29 is 9.59 Å². The number of piperazine rings is 1. The molecule has 1 saturated heterocycles. The average molecular weight is 269 g/mol. The van der Waals surface area contributed by atoms with Gasteiger partial charge < -0.3 is 10.2 Å². The van der Waals surface area contributed by atoms with Crippen LogP contribution >= 0.6 is 0 Å². The number of carbonyl (C=O) groups is 2. The van der Waals surface area contributed by atoms with Gasteiger partial charge in [-0.3, -0.25) is 14.6 Å². The summed E-state index contributed by atoms with van der Waals surface area (Å²) in [6.45, 7) is 2.79. The zero-order valence-electron chi connectivity index (χ0n) is 11.2. The summed E-state index contributed by atoms with van der Waals surface area (Å²) in [5.41, 5.74) is 1.44. The van der Waals surface area contributed by atoms with Crippen molar-refractivity contribution in [2.75, 3.05) is 13.1 Å². The predicted molar refractivity (Wildman–Crippen MR) is 75.3 cm³/mol. The number of hydrogen-bond donors (Lipinski definition) is 1. The van der Waals surface area contributed by atoms with E-state index in [0.29, 0.717) is 18.7 Å². The molecule has 1 fully saturated rings. The van der Waals surface area contributed by atoms with E-state index in [0.717, 1.165) is 10.9 Å².